The molecule has 1 aromatic heterocycles. The van der Waals surface area contributed by atoms with Crippen molar-refractivity contribution in [2.24, 2.45) is 13.0 Å². The average Bonchev–Trinajstić information content (AvgIpc) is 2.62. The van der Waals surface area contributed by atoms with Crippen LogP contribution in [-0.4, -0.2) is 36.1 Å². The lowest BCUT2D eigenvalue weighted by molar-refractivity contribution is 0.305. The fourth-order valence-electron chi connectivity index (χ4n) is 2.54. The van der Waals surface area contributed by atoms with Crippen molar-refractivity contribution in [2.75, 3.05) is 20.6 Å². The normalized spacial score (nSPS) is 12.9. The number of nitrogens with one attached hydrogen (secondary N) is 1. The molecule has 1 aromatic rings. The van der Waals surface area contributed by atoms with Gasteiger partial charge < -0.3 is 14.8 Å². The Morgan fingerprint density at radius 2 is 2.05 bits per heavy atom. The molecule has 0 aromatic carbocycles. The molecule has 0 aliphatic heterocycles. The molecule has 0 radical (unpaired) electrons. The number of nitrogens with zero attached hydrogens (tertiary/aromatic N) is 3. The fraction of sp³-hybridized carbons (Fsp3) is 0.688. The van der Waals surface area contributed by atoms with Gasteiger partial charge in [0, 0.05) is 31.9 Å². The van der Waals surface area contributed by atoms with Crippen molar-refractivity contribution in [1.82, 2.24) is 14.8 Å². The maximum atomic E-state index is 9.07. The minimum atomic E-state index is 0.482. The van der Waals surface area contributed by atoms with Crippen molar-refractivity contribution in [3.8, 4) is 6.07 Å². The molecule has 0 fully saturated rings. The highest BCUT2D eigenvalue weighted by molar-refractivity contribution is 5.34. The van der Waals surface area contributed by atoms with Crippen molar-refractivity contribution >= 4 is 0 Å². The zero-order chi connectivity index (χ0) is 15.3. The summed E-state index contributed by atoms with van der Waals surface area (Å²) in [6, 6.07) is 4.71. The molecule has 0 saturated carbocycles. The van der Waals surface area contributed by atoms with Crippen molar-refractivity contribution in [3.05, 3.63) is 23.0 Å². The molecule has 0 saturated heterocycles. The Bertz CT molecular complexity index is 456. The molecule has 0 aliphatic carbocycles. The van der Waals surface area contributed by atoms with Crippen LogP contribution in [0.1, 0.15) is 37.2 Å². The summed E-state index contributed by atoms with van der Waals surface area (Å²) < 4.78 is 1.96. The second-order valence-corrected chi connectivity index (χ2v) is 6.28. The average molecular weight is 276 g/mol. The van der Waals surface area contributed by atoms with Gasteiger partial charge in [-0.3, -0.25) is 0 Å². The molecule has 1 heterocycles. The lowest BCUT2D eigenvalue weighted by Crippen LogP contribution is -2.38. The molecule has 0 bridgehead atoms. The lowest BCUT2D eigenvalue weighted by Gasteiger charge is -2.24. The second-order valence-electron chi connectivity index (χ2n) is 6.28. The van der Waals surface area contributed by atoms with E-state index in [1.54, 1.807) is 0 Å². The van der Waals surface area contributed by atoms with E-state index in [4.69, 9.17) is 5.26 Å². The maximum Gasteiger partial charge on any atom is 0.120 e. The van der Waals surface area contributed by atoms with Gasteiger partial charge in [-0.1, -0.05) is 13.8 Å². The molecule has 4 nitrogen and oxygen atoms in total. The minimum absolute atomic E-state index is 0.482. The highest BCUT2D eigenvalue weighted by Crippen LogP contribution is 2.14. The van der Waals surface area contributed by atoms with Crippen LogP contribution in [0.3, 0.4) is 0 Å². The van der Waals surface area contributed by atoms with Gasteiger partial charge in [0.05, 0.1) is 0 Å². The molecule has 1 N–H and O–H groups in total. The summed E-state index contributed by atoms with van der Waals surface area (Å²) in [5.41, 5.74) is 3.12. The third-order valence-corrected chi connectivity index (χ3v) is 3.68. The van der Waals surface area contributed by atoms with Gasteiger partial charge in [-0.25, -0.2) is 0 Å². The van der Waals surface area contributed by atoms with Gasteiger partial charge in [0.2, 0.25) is 0 Å². The van der Waals surface area contributed by atoms with E-state index >= 15 is 0 Å². The van der Waals surface area contributed by atoms with Crippen LogP contribution in [0.25, 0.3) is 0 Å². The van der Waals surface area contributed by atoms with Crippen LogP contribution in [0.4, 0.5) is 0 Å². The molecule has 1 rings (SSSR count). The topological polar surface area (TPSA) is 44.0 Å². The Balaban J connectivity index is 2.69. The first kappa shape index (κ1) is 16.7. The van der Waals surface area contributed by atoms with Crippen LogP contribution >= 0.6 is 0 Å². The first-order valence-corrected chi connectivity index (χ1v) is 7.28. The van der Waals surface area contributed by atoms with E-state index in [2.05, 4.69) is 51.2 Å². The molecular weight excluding hydrogens is 248 g/mol. The number of aromatic nitrogens is 1. The molecular formula is C16H28N4. The second kappa shape index (κ2) is 7.47. The third kappa shape index (κ3) is 4.66. The highest BCUT2D eigenvalue weighted by Gasteiger charge is 2.14. The summed E-state index contributed by atoms with van der Waals surface area (Å²) in [5, 5.41) is 12.7. The Morgan fingerprint density at radius 3 is 2.50 bits per heavy atom. The Kier molecular flexibility index (Phi) is 6.25. The summed E-state index contributed by atoms with van der Waals surface area (Å²) >= 11 is 0. The molecule has 1 unspecified atom stereocenters. The van der Waals surface area contributed by atoms with Gasteiger partial charge in [0.1, 0.15) is 11.8 Å². The molecule has 0 spiro atoms. The molecule has 112 valence electrons. The molecule has 0 amide bonds. The summed E-state index contributed by atoms with van der Waals surface area (Å²) in [6.45, 7) is 8.45. The van der Waals surface area contributed by atoms with Crippen LogP contribution in [0.15, 0.2) is 6.07 Å². The molecule has 4 heteroatoms. The van der Waals surface area contributed by atoms with E-state index in [-0.39, 0.29) is 0 Å². The maximum absolute atomic E-state index is 9.07. The monoisotopic (exact) mass is 276 g/mol. The Morgan fingerprint density at radius 1 is 1.40 bits per heavy atom. The summed E-state index contributed by atoms with van der Waals surface area (Å²) in [7, 11) is 6.16. The Hall–Kier alpha value is -1.31. The van der Waals surface area contributed by atoms with Crippen LogP contribution in [-0.2, 0) is 13.6 Å². The van der Waals surface area contributed by atoms with Gasteiger partial charge in [0.15, 0.2) is 0 Å². The SMILES string of the molecule is Cc1c(CNC(CC(C)C)CN(C)C)cc(C#N)n1C. The van der Waals surface area contributed by atoms with Crippen molar-refractivity contribution in [1.29, 1.82) is 5.26 Å². The third-order valence-electron chi connectivity index (χ3n) is 3.68. The first-order valence-electron chi connectivity index (χ1n) is 7.28. The predicted molar refractivity (Wildman–Crippen MR) is 83.5 cm³/mol. The molecule has 1 atom stereocenters. The number of hydrogen-bond acceptors (Lipinski definition) is 3. The summed E-state index contributed by atoms with van der Waals surface area (Å²) in [4.78, 5) is 2.22. The van der Waals surface area contributed by atoms with E-state index in [1.807, 2.05) is 17.7 Å². The van der Waals surface area contributed by atoms with Gasteiger partial charge in [-0.2, -0.15) is 5.26 Å². The summed E-state index contributed by atoms with van der Waals surface area (Å²) in [5.74, 6) is 0.680. The summed E-state index contributed by atoms with van der Waals surface area (Å²) in [6.07, 6.45) is 1.16. The smallest absolute Gasteiger partial charge is 0.120 e. The minimum Gasteiger partial charge on any atom is -0.340 e. The van der Waals surface area contributed by atoms with E-state index in [0.717, 1.165) is 25.2 Å². The van der Waals surface area contributed by atoms with Crippen molar-refractivity contribution in [2.45, 2.75) is 39.8 Å². The molecule has 20 heavy (non-hydrogen) atoms. The van der Waals surface area contributed by atoms with Crippen LogP contribution < -0.4 is 5.32 Å². The highest BCUT2D eigenvalue weighted by atomic mass is 15.1. The van der Waals surface area contributed by atoms with Gasteiger partial charge >= 0.3 is 0 Å². The van der Waals surface area contributed by atoms with E-state index in [0.29, 0.717) is 12.0 Å². The number of rotatable bonds is 7. The zero-order valence-corrected chi connectivity index (χ0v) is 13.7. The first-order chi connectivity index (χ1) is 9.35. The number of hydrogen-bond donors (Lipinski definition) is 1. The van der Waals surface area contributed by atoms with Gasteiger partial charge in [0.25, 0.3) is 0 Å². The number of nitriles is 1. The van der Waals surface area contributed by atoms with Crippen LogP contribution in [0, 0.1) is 24.2 Å². The zero-order valence-electron chi connectivity index (χ0n) is 13.7. The van der Waals surface area contributed by atoms with Crippen LogP contribution in [0.5, 0.6) is 0 Å². The predicted octanol–water partition coefficient (Wildman–Crippen LogP) is 2.27. The standard InChI is InChI=1S/C16H28N4/c1-12(2)7-15(11-19(4)5)18-10-14-8-16(9-17)20(6)13(14)3/h8,12,15,18H,7,10-11H2,1-6H3. The Labute approximate surface area is 123 Å². The largest absolute Gasteiger partial charge is 0.340 e. The van der Waals surface area contributed by atoms with Gasteiger partial charge in [-0.15, -0.1) is 0 Å². The lowest BCUT2D eigenvalue weighted by atomic mass is 10.0. The molecule has 0 aliphatic rings. The quantitative estimate of drug-likeness (QED) is 0.831. The van der Waals surface area contributed by atoms with E-state index < -0.39 is 0 Å². The number of likely N-dealkylation sites (N-methyl/N-ethyl adjacent to an activating group) is 1. The van der Waals surface area contributed by atoms with E-state index in [9.17, 15) is 0 Å². The van der Waals surface area contributed by atoms with Crippen molar-refractivity contribution in [3.63, 3.8) is 0 Å². The van der Waals surface area contributed by atoms with Crippen LogP contribution in [0.2, 0.25) is 0 Å². The van der Waals surface area contributed by atoms with Gasteiger partial charge in [-0.05, 0) is 45.0 Å². The fourth-order valence-corrected chi connectivity index (χ4v) is 2.54. The van der Waals surface area contributed by atoms with Crippen molar-refractivity contribution < 1.29 is 0 Å². The van der Waals surface area contributed by atoms with E-state index in [1.165, 1.54) is 11.3 Å².